The van der Waals surface area contributed by atoms with Crippen molar-refractivity contribution in [3.63, 3.8) is 0 Å². The van der Waals surface area contributed by atoms with Gasteiger partial charge in [0.2, 0.25) is 0 Å². The molecule has 0 radical (unpaired) electrons. The highest BCUT2D eigenvalue weighted by atomic mass is 16.2. The molecule has 0 fully saturated rings. The van der Waals surface area contributed by atoms with Crippen molar-refractivity contribution in [2.75, 3.05) is 0 Å². The lowest BCUT2D eigenvalue weighted by molar-refractivity contribution is 0.0926. The summed E-state index contributed by atoms with van der Waals surface area (Å²) in [5.41, 5.74) is 7.22. The lowest BCUT2D eigenvalue weighted by atomic mass is 9.98. The maximum Gasteiger partial charge on any atom is 0.270 e. The van der Waals surface area contributed by atoms with Gasteiger partial charge in [0.15, 0.2) is 0 Å². The molecule has 0 spiro atoms. The lowest BCUT2D eigenvalue weighted by Crippen LogP contribution is -2.31. The van der Waals surface area contributed by atoms with E-state index >= 15 is 0 Å². The quantitative estimate of drug-likeness (QED) is 0.291. The van der Waals surface area contributed by atoms with Gasteiger partial charge in [0, 0.05) is 17.7 Å². The number of aryl methyl sites for hydroxylation is 1. The topological polar surface area (TPSA) is 46.9 Å². The number of hydrogen-bond acceptors (Lipinski definition) is 2. The van der Waals surface area contributed by atoms with E-state index in [-0.39, 0.29) is 11.9 Å². The smallest absolute Gasteiger partial charge is 0.270 e. The molecule has 3 aromatic carbocycles. The SMILES string of the molecule is CCn1c(-c2ccccc2)nc(-c2cccc(C(C)C)c2)c1C(=O)NC1CCCCc2ccccc21. The Hall–Kier alpha value is -3.66. The van der Waals surface area contributed by atoms with Gasteiger partial charge in [0.1, 0.15) is 17.2 Å². The summed E-state index contributed by atoms with van der Waals surface area (Å²) in [5.74, 6) is 1.17. The molecule has 0 saturated heterocycles. The zero-order valence-electron chi connectivity index (χ0n) is 21.5. The van der Waals surface area contributed by atoms with E-state index in [0.717, 1.165) is 48.3 Å². The van der Waals surface area contributed by atoms with Crippen LogP contribution in [0.1, 0.15) is 79.2 Å². The van der Waals surface area contributed by atoms with Gasteiger partial charge in [-0.05, 0) is 54.9 Å². The van der Waals surface area contributed by atoms with Crippen molar-refractivity contribution >= 4 is 5.91 Å². The van der Waals surface area contributed by atoms with Crippen molar-refractivity contribution < 1.29 is 4.79 Å². The highest BCUT2D eigenvalue weighted by Crippen LogP contribution is 2.33. The van der Waals surface area contributed by atoms with Crippen LogP contribution in [0, 0.1) is 0 Å². The van der Waals surface area contributed by atoms with Gasteiger partial charge in [-0.1, -0.05) is 93.1 Å². The summed E-state index contributed by atoms with van der Waals surface area (Å²) in [5, 5.41) is 3.42. The number of fused-ring (bicyclic) bond motifs is 1. The molecule has 0 saturated carbocycles. The minimum atomic E-state index is -0.0572. The highest BCUT2D eigenvalue weighted by Gasteiger charge is 2.28. The van der Waals surface area contributed by atoms with Crippen LogP contribution in [-0.2, 0) is 13.0 Å². The number of rotatable bonds is 6. The third-order valence-electron chi connectivity index (χ3n) is 7.28. The van der Waals surface area contributed by atoms with E-state index in [1.807, 2.05) is 18.2 Å². The van der Waals surface area contributed by atoms with Crippen LogP contribution in [-0.4, -0.2) is 15.5 Å². The van der Waals surface area contributed by atoms with E-state index in [0.29, 0.717) is 18.2 Å². The molecule has 1 amide bonds. The van der Waals surface area contributed by atoms with Gasteiger partial charge in [0.05, 0.1) is 6.04 Å². The van der Waals surface area contributed by atoms with Gasteiger partial charge in [-0.3, -0.25) is 4.79 Å². The molecule has 1 unspecified atom stereocenters. The first kappa shape index (κ1) is 24.1. The maximum absolute atomic E-state index is 14.1. The molecule has 1 heterocycles. The third-order valence-corrected chi connectivity index (χ3v) is 7.28. The third kappa shape index (κ3) is 4.73. The van der Waals surface area contributed by atoms with Crippen LogP contribution in [0.2, 0.25) is 0 Å². The number of benzene rings is 3. The van der Waals surface area contributed by atoms with Crippen molar-refractivity contribution in [2.45, 2.75) is 65.0 Å². The molecule has 5 rings (SSSR count). The summed E-state index contributed by atoms with van der Waals surface area (Å²) in [7, 11) is 0. The molecule has 1 aromatic heterocycles. The predicted molar refractivity (Wildman–Crippen MR) is 147 cm³/mol. The number of carbonyl (C=O) groups is 1. The van der Waals surface area contributed by atoms with E-state index in [1.165, 1.54) is 16.7 Å². The molecule has 4 nitrogen and oxygen atoms in total. The second-order valence-corrected chi connectivity index (χ2v) is 9.99. The monoisotopic (exact) mass is 477 g/mol. The lowest BCUT2D eigenvalue weighted by Gasteiger charge is -2.20. The number of amides is 1. The number of imidazole rings is 1. The fourth-order valence-corrected chi connectivity index (χ4v) is 5.34. The van der Waals surface area contributed by atoms with Crippen LogP contribution >= 0.6 is 0 Å². The number of aromatic nitrogens is 2. The van der Waals surface area contributed by atoms with Crippen LogP contribution in [0.4, 0.5) is 0 Å². The summed E-state index contributed by atoms with van der Waals surface area (Å²) < 4.78 is 2.07. The van der Waals surface area contributed by atoms with E-state index in [9.17, 15) is 4.79 Å². The summed E-state index contributed by atoms with van der Waals surface area (Å²) in [4.78, 5) is 19.2. The van der Waals surface area contributed by atoms with Crippen LogP contribution in [0.25, 0.3) is 22.6 Å². The minimum Gasteiger partial charge on any atom is -0.344 e. The van der Waals surface area contributed by atoms with Gasteiger partial charge < -0.3 is 9.88 Å². The van der Waals surface area contributed by atoms with Gasteiger partial charge in [-0.2, -0.15) is 0 Å². The van der Waals surface area contributed by atoms with Crippen molar-refractivity contribution in [3.05, 3.63) is 101 Å². The van der Waals surface area contributed by atoms with Gasteiger partial charge in [0.25, 0.3) is 5.91 Å². The Morgan fingerprint density at radius 2 is 1.72 bits per heavy atom. The Morgan fingerprint density at radius 3 is 2.50 bits per heavy atom. The summed E-state index contributed by atoms with van der Waals surface area (Å²) >= 11 is 0. The zero-order chi connectivity index (χ0) is 25.1. The Morgan fingerprint density at radius 1 is 0.972 bits per heavy atom. The van der Waals surface area contributed by atoms with E-state index in [2.05, 4.69) is 91.3 Å². The summed E-state index contributed by atoms with van der Waals surface area (Å²) in [6.45, 7) is 7.12. The Balaban J connectivity index is 1.62. The van der Waals surface area contributed by atoms with E-state index < -0.39 is 0 Å². The number of nitrogens with one attached hydrogen (secondary N) is 1. The Labute approximate surface area is 214 Å². The molecule has 1 atom stereocenters. The predicted octanol–water partition coefficient (Wildman–Crippen LogP) is 7.56. The molecule has 184 valence electrons. The molecule has 4 heteroatoms. The largest absolute Gasteiger partial charge is 0.344 e. The van der Waals surface area contributed by atoms with Crippen molar-refractivity contribution in [3.8, 4) is 22.6 Å². The minimum absolute atomic E-state index is 0.00595. The fourth-order valence-electron chi connectivity index (χ4n) is 5.34. The first-order valence-corrected chi connectivity index (χ1v) is 13.2. The molecule has 1 aliphatic carbocycles. The molecule has 0 aliphatic heterocycles. The molecular formula is C32H35N3O. The number of nitrogens with zero attached hydrogens (tertiary/aromatic N) is 2. The molecule has 0 bridgehead atoms. The van der Waals surface area contributed by atoms with Crippen molar-refractivity contribution in [1.29, 1.82) is 0 Å². The number of carbonyl (C=O) groups excluding carboxylic acids is 1. The van der Waals surface area contributed by atoms with Gasteiger partial charge >= 0.3 is 0 Å². The summed E-state index contributed by atoms with van der Waals surface area (Å²) in [6.07, 6.45) is 4.28. The number of hydrogen-bond donors (Lipinski definition) is 1. The van der Waals surface area contributed by atoms with Crippen molar-refractivity contribution in [2.24, 2.45) is 0 Å². The maximum atomic E-state index is 14.1. The van der Waals surface area contributed by atoms with Crippen molar-refractivity contribution in [1.82, 2.24) is 14.9 Å². The van der Waals surface area contributed by atoms with Gasteiger partial charge in [-0.25, -0.2) is 4.98 Å². The van der Waals surface area contributed by atoms with E-state index in [1.54, 1.807) is 0 Å². The normalized spacial score (nSPS) is 15.4. The Bertz CT molecular complexity index is 1350. The second kappa shape index (κ2) is 10.5. The molecule has 1 N–H and O–H groups in total. The second-order valence-electron chi connectivity index (χ2n) is 9.99. The molecular weight excluding hydrogens is 442 g/mol. The first-order chi connectivity index (χ1) is 17.6. The Kier molecular flexibility index (Phi) is 7.04. The van der Waals surface area contributed by atoms with Crippen LogP contribution < -0.4 is 5.32 Å². The fraction of sp³-hybridized carbons (Fsp3) is 0.312. The average molecular weight is 478 g/mol. The van der Waals surface area contributed by atoms with Gasteiger partial charge in [-0.15, -0.1) is 0 Å². The average Bonchev–Trinajstić information content (AvgIpc) is 3.19. The highest BCUT2D eigenvalue weighted by molar-refractivity contribution is 6.00. The molecule has 1 aliphatic rings. The standard InChI is InChI=1S/C32H35N3O/c1-4-35-30(32(36)33-28-20-11-9-14-23-13-8-10-19-27(23)28)29(26-18-12-17-25(21-26)22(2)3)34-31(35)24-15-6-5-7-16-24/h5-8,10,12-13,15-19,21-22,28H,4,9,11,14,20H2,1-3H3,(H,33,36). The van der Waals surface area contributed by atoms with Crippen LogP contribution in [0.3, 0.4) is 0 Å². The van der Waals surface area contributed by atoms with Crippen LogP contribution in [0.5, 0.6) is 0 Å². The summed E-state index contributed by atoms with van der Waals surface area (Å²) in [6, 6.07) is 27.2. The molecule has 4 aromatic rings. The van der Waals surface area contributed by atoms with E-state index in [4.69, 9.17) is 4.98 Å². The van der Waals surface area contributed by atoms with Crippen LogP contribution in [0.15, 0.2) is 78.9 Å². The first-order valence-electron chi connectivity index (χ1n) is 13.2. The zero-order valence-corrected chi connectivity index (χ0v) is 21.5. The molecule has 36 heavy (non-hydrogen) atoms.